The van der Waals surface area contributed by atoms with Gasteiger partial charge in [0, 0.05) is 29.7 Å². The number of fused-ring (bicyclic) bond motifs is 2. The fourth-order valence-electron chi connectivity index (χ4n) is 3.15. The summed E-state index contributed by atoms with van der Waals surface area (Å²) in [6, 6.07) is 1.65. The van der Waals surface area contributed by atoms with Crippen LogP contribution in [-0.2, 0) is 12.8 Å². The predicted octanol–water partition coefficient (Wildman–Crippen LogP) is 2.39. The average molecular weight is 386 g/mol. The Morgan fingerprint density at radius 1 is 1.22 bits per heavy atom. The number of anilines is 2. The van der Waals surface area contributed by atoms with Gasteiger partial charge in [0.1, 0.15) is 12.1 Å². The SMILES string of the molecule is Cc1cc(NCCNC(=O)Nc2nc3c(s2)CCCCC3)n2ncnc2n1. The van der Waals surface area contributed by atoms with Crippen LogP contribution in [-0.4, -0.2) is 43.7 Å². The summed E-state index contributed by atoms with van der Waals surface area (Å²) in [7, 11) is 0. The van der Waals surface area contributed by atoms with Gasteiger partial charge in [-0.3, -0.25) is 5.32 Å². The van der Waals surface area contributed by atoms with Crippen molar-refractivity contribution in [1.82, 2.24) is 29.9 Å². The Bertz CT molecular complexity index is 926. The monoisotopic (exact) mass is 386 g/mol. The zero-order valence-corrected chi connectivity index (χ0v) is 16.0. The highest BCUT2D eigenvalue weighted by atomic mass is 32.1. The van der Waals surface area contributed by atoms with Crippen molar-refractivity contribution in [2.75, 3.05) is 23.7 Å². The summed E-state index contributed by atoms with van der Waals surface area (Å²) in [5, 5.41) is 13.8. The van der Waals surface area contributed by atoms with Gasteiger partial charge in [0.05, 0.1) is 5.69 Å². The first-order valence-electron chi connectivity index (χ1n) is 9.14. The van der Waals surface area contributed by atoms with Crippen LogP contribution in [0.15, 0.2) is 12.4 Å². The smallest absolute Gasteiger partial charge is 0.321 e. The molecule has 9 nitrogen and oxygen atoms in total. The van der Waals surface area contributed by atoms with Gasteiger partial charge in [-0.15, -0.1) is 11.3 Å². The van der Waals surface area contributed by atoms with Gasteiger partial charge in [-0.2, -0.15) is 14.6 Å². The number of nitrogens with zero attached hydrogens (tertiary/aromatic N) is 5. The van der Waals surface area contributed by atoms with E-state index in [2.05, 4.69) is 36.0 Å². The lowest BCUT2D eigenvalue weighted by molar-refractivity contribution is 0.252. The van der Waals surface area contributed by atoms with E-state index in [0.717, 1.165) is 30.0 Å². The maximum absolute atomic E-state index is 12.1. The molecule has 1 aliphatic rings. The molecule has 4 rings (SSSR count). The predicted molar refractivity (Wildman–Crippen MR) is 104 cm³/mol. The number of aromatic nitrogens is 5. The molecule has 0 radical (unpaired) electrons. The summed E-state index contributed by atoms with van der Waals surface area (Å²) in [5.41, 5.74) is 2.01. The lowest BCUT2D eigenvalue weighted by atomic mass is 10.2. The van der Waals surface area contributed by atoms with Gasteiger partial charge >= 0.3 is 6.03 Å². The van der Waals surface area contributed by atoms with Gasteiger partial charge in [0.2, 0.25) is 0 Å². The van der Waals surface area contributed by atoms with E-state index in [4.69, 9.17) is 0 Å². The molecular formula is C17H22N8OS. The van der Waals surface area contributed by atoms with Crippen molar-refractivity contribution < 1.29 is 4.79 Å². The minimum absolute atomic E-state index is 0.238. The Morgan fingerprint density at radius 3 is 3.04 bits per heavy atom. The van der Waals surface area contributed by atoms with Crippen LogP contribution in [0.25, 0.3) is 5.78 Å². The number of hydrogen-bond acceptors (Lipinski definition) is 7. The number of nitrogens with one attached hydrogen (secondary N) is 3. The van der Waals surface area contributed by atoms with Gasteiger partial charge < -0.3 is 10.6 Å². The number of rotatable bonds is 5. The van der Waals surface area contributed by atoms with E-state index in [1.54, 1.807) is 15.9 Å². The quantitative estimate of drug-likeness (QED) is 0.459. The van der Waals surface area contributed by atoms with Crippen LogP contribution in [0.1, 0.15) is 35.5 Å². The molecule has 3 heterocycles. The molecule has 0 unspecified atom stereocenters. The molecule has 1 aliphatic carbocycles. The molecule has 3 aromatic heterocycles. The summed E-state index contributed by atoms with van der Waals surface area (Å²) in [5.74, 6) is 1.34. The van der Waals surface area contributed by atoms with Crippen LogP contribution < -0.4 is 16.0 Å². The minimum atomic E-state index is -0.238. The van der Waals surface area contributed by atoms with Gasteiger partial charge in [0.25, 0.3) is 5.78 Å². The van der Waals surface area contributed by atoms with E-state index < -0.39 is 0 Å². The topological polar surface area (TPSA) is 109 Å². The molecule has 0 bridgehead atoms. The van der Waals surface area contributed by atoms with Crippen LogP contribution in [0, 0.1) is 6.92 Å². The van der Waals surface area contributed by atoms with Crippen molar-refractivity contribution in [2.45, 2.75) is 39.0 Å². The second-order valence-electron chi connectivity index (χ2n) is 6.51. The molecule has 0 spiro atoms. The van der Waals surface area contributed by atoms with E-state index in [1.807, 2.05) is 13.0 Å². The van der Waals surface area contributed by atoms with E-state index in [-0.39, 0.29) is 6.03 Å². The van der Waals surface area contributed by atoms with Crippen molar-refractivity contribution in [2.24, 2.45) is 0 Å². The normalized spacial score (nSPS) is 13.8. The van der Waals surface area contributed by atoms with Gasteiger partial charge in [-0.25, -0.2) is 14.8 Å². The third-order valence-corrected chi connectivity index (χ3v) is 5.49. The summed E-state index contributed by atoms with van der Waals surface area (Å²) in [4.78, 5) is 26.4. The molecule has 27 heavy (non-hydrogen) atoms. The molecule has 2 amide bonds. The summed E-state index contributed by atoms with van der Waals surface area (Å²) < 4.78 is 1.63. The van der Waals surface area contributed by atoms with E-state index >= 15 is 0 Å². The largest absolute Gasteiger partial charge is 0.368 e. The summed E-state index contributed by atoms with van der Waals surface area (Å²) in [6.45, 7) is 2.93. The maximum atomic E-state index is 12.1. The molecular weight excluding hydrogens is 364 g/mol. The standard InChI is InChI=1S/C17H22N8OS/c1-11-9-14(25-15(22-11)20-10-21-25)18-7-8-19-16(26)24-17-23-12-5-3-2-4-6-13(12)27-17/h9-10,18H,2-8H2,1H3,(H2,19,23,24,26). The van der Waals surface area contributed by atoms with E-state index in [0.29, 0.717) is 24.0 Å². The van der Waals surface area contributed by atoms with Crippen molar-refractivity contribution in [1.29, 1.82) is 0 Å². The number of carbonyl (C=O) groups is 1. The number of carbonyl (C=O) groups excluding carboxylic acids is 1. The Labute approximate surface area is 160 Å². The highest BCUT2D eigenvalue weighted by Gasteiger charge is 2.15. The van der Waals surface area contributed by atoms with Crippen LogP contribution in [0.2, 0.25) is 0 Å². The lowest BCUT2D eigenvalue weighted by Crippen LogP contribution is -2.32. The van der Waals surface area contributed by atoms with Crippen LogP contribution in [0.3, 0.4) is 0 Å². The van der Waals surface area contributed by atoms with E-state index in [9.17, 15) is 4.79 Å². The highest BCUT2D eigenvalue weighted by Crippen LogP contribution is 2.28. The minimum Gasteiger partial charge on any atom is -0.368 e. The number of aryl methyl sites for hydroxylation is 3. The van der Waals surface area contributed by atoms with Crippen molar-refractivity contribution >= 4 is 34.1 Å². The number of amides is 2. The van der Waals surface area contributed by atoms with Crippen molar-refractivity contribution in [3.8, 4) is 0 Å². The van der Waals surface area contributed by atoms with Gasteiger partial charge in [-0.05, 0) is 32.6 Å². The third kappa shape index (κ3) is 4.16. The fourth-order valence-corrected chi connectivity index (χ4v) is 4.19. The first kappa shape index (κ1) is 17.7. The second kappa shape index (κ2) is 7.87. The molecule has 10 heteroatoms. The molecule has 0 saturated carbocycles. The Hall–Kier alpha value is -2.75. The fraction of sp³-hybridized carbons (Fsp3) is 0.471. The van der Waals surface area contributed by atoms with Crippen LogP contribution in [0.5, 0.6) is 0 Å². The summed E-state index contributed by atoms with van der Waals surface area (Å²) in [6.07, 6.45) is 7.20. The van der Waals surface area contributed by atoms with Gasteiger partial charge in [0.15, 0.2) is 5.13 Å². The molecule has 0 fully saturated rings. The van der Waals surface area contributed by atoms with Gasteiger partial charge in [-0.1, -0.05) is 6.42 Å². The molecule has 3 aromatic rings. The first-order chi connectivity index (χ1) is 13.2. The molecule has 142 valence electrons. The molecule has 0 aliphatic heterocycles. The number of urea groups is 1. The van der Waals surface area contributed by atoms with Crippen molar-refractivity contribution in [3.63, 3.8) is 0 Å². The molecule has 0 aromatic carbocycles. The number of thiazole rings is 1. The molecule has 3 N–H and O–H groups in total. The highest BCUT2D eigenvalue weighted by molar-refractivity contribution is 7.15. The molecule has 0 saturated heterocycles. The van der Waals surface area contributed by atoms with E-state index in [1.165, 1.54) is 30.5 Å². The zero-order valence-electron chi connectivity index (χ0n) is 15.2. The average Bonchev–Trinajstić information content (AvgIpc) is 3.20. The first-order valence-corrected chi connectivity index (χ1v) is 9.95. The van der Waals surface area contributed by atoms with Crippen LogP contribution in [0.4, 0.5) is 15.7 Å². The maximum Gasteiger partial charge on any atom is 0.321 e. The second-order valence-corrected chi connectivity index (χ2v) is 7.60. The zero-order chi connectivity index (χ0) is 18.6. The Morgan fingerprint density at radius 2 is 2.11 bits per heavy atom. The Kier molecular flexibility index (Phi) is 5.14. The Balaban J connectivity index is 1.27. The number of hydrogen-bond donors (Lipinski definition) is 3. The molecule has 0 atom stereocenters. The lowest BCUT2D eigenvalue weighted by Gasteiger charge is -2.09. The summed E-state index contributed by atoms with van der Waals surface area (Å²) >= 11 is 1.59. The third-order valence-electron chi connectivity index (χ3n) is 4.41. The van der Waals surface area contributed by atoms with Crippen molar-refractivity contribution in [3.05, 3.63) is 28.7 Å². The van der Waals surface area contributed by atoms with Crippen LogP contribution >= 0.6 is 11.3 Å².